The number of hydrogen-bond acceptors (Lipinski definition) is 6. The molecule has 0 saturated heterocycles. The van der Waals surface area contributed by atoms with Crippen molar-refractivity contribution in [3.63, 3.8) is 0 Å². The number of pyridine rings is 1. The normalized spacial score (nSPS) is 11.1. The van der Waals surface area contributed by atoms with Crippen molar-refractivity contribution >= 4 is 27.3 Å². The molecule has 0 bridgehead atoms. The van der Waals surface area contributed by atoms with Gasteiger partial charge in [-0.15, -0.1) is 0 Å². The van der Waals surface area contributed by atoms with E-state index in [1.165, 1.54) is 31.5 Å². The van der Waals surface area contributed by atoms with Crippen LogP contribution >= 0.6 is 0 Å². The highest BCUT2D eigenvalue weighted by Gasteiger charge is 2.22. The predicted molar refractivity (Wildman–Crippen MR) is 129 cm³/mol. The highest BCUT2D eigenvalue weighted by Crippen LogP contribution is 2.27. The summed E-state index contributed by atoms with van der Waals surface area (Å²) in [5.41, 5.74) is 2.12. The molecule has 0 aliphatic carbocycles. The second-order valence-corrected chi connectivity index (χ2v) is 9.00. The predicted octanol–water partition coefficient (Wildman–Crippen LogP) is 3.89. The summed E-state index contributed by atoms with van der Waals surface area (Å²) < 4.78 is 35.7. The van der Waals surface area contributed by atoms with Gasteiger partial charge >= 0.3 is 0 Å². The van der Waals surface area contributed by atoms with E-state index in [9.17, 15) is 13.2 Å². The van der Waals surface area contributed by atoms with Crippen molar-refractivity contribution in [1.29, 1.82) is 0 Å². The van der Waals surface area contributed by atoms with E-state index in [1.807, 2.05) is 19.1 Å². The molecule has 2 aromatic heterocycles. The van der Waals surface area contributed by atoms with Crippen molar-refractivity contribution < 1.29 is 17.9 Å². The number of carbonyl (C=O) groups is 1. The molecule has 0 atom stereocenters. The zero-order valence-electron chi connectivity index (χ0n) is 18.6. The molecule has 0 radical (unpaired) electrons. The molecule has 0 spiro atoms. The number of rotatable bonds is 8. The average molecular weight is 478 g/mol. The van der Waals surface area contributed by atoms with Gasteiger partial charge in [-0.25, -0.2) is 18.4 Å². The highest BCUT2D eigenvalue weighted by atomic mass is 32.2. The lowest BCUT2D eigenvalue weighted by atomic mass is 10.2. The third-order valence-electron chi connectivity index (χ3n) is 5.10. The van der Waals surface area contributed by atoms with Crippen molar-refractivity contribution in [2.45, 2.75) is 18.2 Å². The fraction of sp³-hybridized carbons (Fsp3) is 0.125. The molecule has 9 nitrogen and oxygen atoms in total. The van der Waals surface area contributed by atoms with Crippen molar-refractivity contribution in [2.75, 3.05) is 17.1 Å². The van der Waals surface area contributed by atoms with E-state index in [4.69, 9.17) is 4.74 Å². The number of aryl methyl sites for hydroxylation is 1. The van der Waals surface area contributed by atoms with Gasteiger partial charge in [-0.05, 0) is 54.4 Å². The molecule has 0 aliphatic rings. The number of nitrogens with one attached hydrogen (secondary N) is 2. The number of methoxy groups -OCH3 is 1. The van der Waals surface area contributed by atoms with Gasteiger partial charge in [0.25, 0.3) is 15.9 Å². The Morgan fingerprint density at radius 2 is 1.82 bits per heavy atom. The van der Waals surface area contributed by atoms with Gasteiger partial charge in [-0.3, -0.25) is 14.1 Å². The number of sulfonamides is 1. The van der Waals surface area contributed by atoms with E-state index in [-0.39, 0.29) is 16.2 Å². The first-order valence-electron chi connectivity index (χ1n) is 10.4. The first-order chi connectivity index (χ1) is 16.4. The van der Waals surface area contributed by atoms with Crippen LogP contribution in [0.15, 0.2) is 84.4 Å². The van der Waals surface area contributed by atoms with Crippen LogP contribution in [0.5, 0.6) is 5.75 Å². The van der Waals surface area contributed by atoms with Gasteiger partial charge in [0, 0.05) is 23.6 Å². The summed E-state index contributed by atoms with van der Waals surface area (Å²) >= 11 is 0. The third kappa shape index (κ3) is 5.07. The number of benzene rings is 2. The zero-order valence-corrected chi connectivity index (χ0v) is 19.4. The van der Waals surface area contributed by atoms with Crippen LogP contribution in [-0.4, -0.2) is 36.0 Å². The topological polar surface area (TPSA) is 115 Å². The van der Waals surface area contributed by atoms with E-state index in [1.54, 1.807) is 47.6 Å². The van der Waals surface area contributed by atoms with Crippen molar-refractivity contribution in [2.24, 2.45) is 0 Å². The van der Waals surface area contributed by atoms with Gasteiger partial charge in [0.1, 0.15) is 22.8 Å². The molecule has 4 rings (SSSR count). The maximum absolute atomic E-state index is 13.1. The number of anilines is 2. The minimum absolute atomic E-state index is 0.126. The summed E-state index contributed by atoms with van der Waals surface area (Å²) in [7, 11) is -2.64. The molecule has 0 unspecified atom stereocenters. The van der Waals surface area contributed by atoms with Crippen LogP contribution in [-0.2, 0) is 16.4 Å². The summed E-state index contributed by atoms with van der Waals surface area (Å²) in [6, 6.07) is 14.7. The lowest BCUT2D eigenvalue weighted by molar-refractivity contribution is 0.102. The molecular weight excluding hydrogens is 454 g/mol. The van der Waals surface area contributed by atoms with E-state index in [0.29, 0.717) is 17.2 Å². The minimum atomic E-state index is -4.01. The molecule has 0 saturated carbocycles. The Kier molecular flexibility index (Phi) is 6.60. The lowest BCUT2D eigenvalue weighted by Gasteiger charge is -2.13. The Balaban J connectivity index is 1.55. The minimum Gasteiger partial charge on any atom is -0.495 e. The smallest absolute Gasteiger partial charge is 0.265 e. The highest BCUT2D eigenvalue weighted by molar-refractivity contribution is 7.92. The van der Waals surface area contributed by atoms with E-state index >= 15 is 0 Å². The number of ether oxygens (including phenoxy) is 1. The Bertz CT molecular complexity index is 1380. The molecule has 1 amide bonds. The number of imidazole rings is 1. The van der Waals surface area contributed by atoms with Crippen LogP contribution in [0, 0.1) is 0 Å². The van der Waals surface area contributed by atoms with Crippen LogP contribution in [0.25, 0.3) is 5.82 Å². The van der Waals surface area contributed by atoms with Crippen LogP contribution in [0.3, 0.4) is 0 Å². The van der Waals surface area contributed by atoms with E-state index in [0.717, 1.165) is 12.0 Å². The molecule has 2 aromatic carbocycles. The number of carbonyl (C=O) groups excluding carboxylic acids is 1. The Labute approximate surface area is 197 Å². The van der Waals surface area contributed by atoms with Gasteiger partial charge < -0.3 is 10.1 Å². The van der Waals surface area contributed by atoms with Crippen molar-refractivity contribution in [3.8, 4) is 11.6 Å². The number of amides is 1. The average Bonchev–Trinajstić information content (AvgIpc) is 3.39. The Hall–Kier alpha value is -4.18. The maximum atomic E-state index is 13.1. The standard InChI is InChI=1S/C24H23N5O4S/c1-3-17-4-7-19(8-5-17)28-34(31,32)22-14-18(6-10-21(22)33-2)24(30)27-20-9-11-23(26-15-20)29-13-12-25-16-29/h4-16,28H,3H2,1-2H3,(H,27,30). The van der Waals surface area contributed by atoms with Gasteiger partial charge in [0.15, 0.2) is 0 Å². The number of nitrogens with zero attached hydrogens (tertiary/aromatic N) is 3. The number of hydrogen-bond donors (Lipinski definition) is 2. The fourth-order valence-corrected chi connectivity index (χ4v) is 4.51. The van der Waals surface area contributed by atoms with Crippen molar-refractivity contribution in [1.82, 2.24) is 14.5 Å². The van der Waals surface area contributed by atoms with Crippen LogP contribution in [0.1, 0.15) is 22.8 Å². The monoisotopic (exact) mass is 477 g/mol. The molecule has 4 aromatic rings. The molecule has 10 heteroatoms. The van der Waals surface area contributed by atoms with Crippen LogP contribution in [0.2, 0.25) is 0 Å². The van der Waals surface area contributed by atoms with Crippen LogP contribution < -0.4 is 14.8 Å². The second-order valence-electron chi connectivity index (χ2n) is 7.35. The van der Waals surface area contributed by atoms with Crippen LogP contribution in [0.4, 0.5) is 11.4 Å². The lowest BCUT2D eigenvalue weighted by Crippen LogP contribution is -2.17. The van der Waals surface area contributed by atoms with Gasteiger partial charge in [-0.2, -0.15) is 0 Å². The summed E-state index contributed by atoms with van der Waals surface area (Å²) in [5.74, 6) is 0.288. The molecule has 2 heterocycles. The molecule has 2 N–H and O–H groups in total. The second kappa shape index (κ2) is 9.75. The Morgan fingerprint density at radius 1 is 1.06 bits per heavy atom. The van der Waals surface area contributed by atoms with Crippen molar-refractivity contribution in [3.05, 3.63) is 90.6 Å². The summed E-state index contributed by atoms with van der Waals surface area (Å²) in [4.78, 5) is 20.9. The largest absolute Gasteiger partial charge is 0.495 e. The Morgan fingerprint density at radius 3 is 2.44 bits per heavy atom. The van der Waals surface area contributed by atoms with E-state index in [2.05, 4.69) is 20.0 Å². The molecular formula is C24H23N5O4S. The first-order valence-corrected chi connectivity index (χ1v) is 11.9. The summed E-state index contributed by atoms with van der Waals surface area (Å²) in [6.07, 6.45) is 7.37. The van der Waals surface area contributed by atoms with Gasteiger partial charge in [0.05, 0.1) is 19.0 Å². The van der Waals surface area contributed by atoms with Gasteiger partial charge in [-0.1, -0.05) is 19.1 Å². The van der Waals surface area contributed by atoms with E-state index < -0.39 is 15.9 Å². The molecule has 34 heavy (non-hydrogen) atoms. The fourth-order valence-electron chi connectivity index (χ4n) is 3.26. The summed E-state index contributed by atoms with van der Waals surface area (Å²) in [6.45, 7) is 2.02. The maximum Gasteiger partial charge on any atom is 0.265 e. The molecule has 174 valence electrons. The number of aromatic nitrogens is 3. The summed E-state index contributed by atoms with van der Waals surface area (Å²) in [5, 5.41) is 2.73. The quantitative estimate of drug-likeness (QED) is 0.398. The van der Waals surface area contributed by atoms with Gasteiger partial charge in [0.2, 0.25) is 0 Å². The SMILES string of the molecule is CCc1ccc(NS(=O)(=O)c2cc(C(=O)Nc3ccc(-n4ccnc4)nc3)ccc2OC)cc1. The third-order valence-corrected chi connectivity index (χ3v) is 6.51. The molecule has 0 fully saturated rings. The zero-order chi connectivity index (χ0) is 24.1. The molecule has 0 aliphatic heterocycles. The first kappa shape index (κ1) is 23.0.